The van der Waals surface area contributed by atoms with Gasteiger partial charge in [0.25, 0.3) is 0 Å². The number of imidazole rings is 1. The van der Waals surface area contributed by atoms with E-state index < -0.39 is 0 Å². The summed E-state index contributed by atoms with van der Waals surface area (Å²) >= 11 is 0. The number of nitrogens with one attached hydrogen (secondary N) is 2. The van der Waals surface area contributed by atoms with Crippen LogP contribution in [-0.4, -0.2) is 21.5 Å². The first-order valence-corrected chi connectivity index (χ1v) is 6.39. The van der Waals surface area contributed by atoms with E-state index in [9.17, 15) is 0 Å². The maximum Gasteiger partial charge on any atom is 0.177 e. The lowest BCUT2D eigenvalue weighted by atomic mass is 10.1. The summed E-state index contributed by atoms with van der Waals surface area (Å²) < 4.78 is 0. The van der Waals surface area contributed by atoms with Gasteiger partial charge in [0.15, 0.2) is 5.65 Å². The highest BCUT2D eigenvalue weighted by Gasteiger charge is 2.17. The van der Waals surface area contributed by atoms with Gasteiger partial charge in [0.2, 0.25) is 0 Å². The van der Waals surface area contributed by atoms with Gasteiger partial charge < -0.3 is 10.3 Å². The number of fused-ring (bicyclic) bond motifs is 1. The standard InChI is InChI=1S/C13H18N4/c1-9-6-7-11-13(15-9)17-12(16-11)10-5-3-2-4-8-14-10/h6-7,10,14H,2-5,8H2,1H3,(H,15,16,17). The van der Waals surface area contributed by atoms with Crippen LogP contribution in [0.1, 0.15) is 43.2 Å². The zero-order valence-corrected chi connectivity index (χ0v) is 10.2. The molecule has 1 unspecified atom stereocenters. The van der Waals surface area contributed by atoms with E-state index in [1.165, 1.54) is 25.7 Å². The number of aromatic nitrogens is 3. The lowest BCUT2D eigenvalue weighted by Gasteiger charge is -2.11. The first kappa shape index (κ1) is 10.7. The van der Waals surface area contributed by atoms with Crippen molar-refractivity contribution in [2.75, 3.05) is 6.54 Å². The van der Waals surface area contributed by atoms with Crippen molar-refractivity contribution in [1.29, 1.82) is 0 Å². The van der Waals surface area contributed by atoms with Gasteiger partial charge in [-0.15, -0.1) is 0 Å². The predicted molar refractivity (Wildman–Crippen MR) is 67.8 cm³/mol. The van der Waals surface area contributed by atoms with Gasteiger partial charge in [0.1, 0.15) is 5.82 Å². The molecule has 0 radical (unpaired) electrons. The molecule has 2 aromatic heterocycles. The maximum atomic E-state index is 4.61. The molecule has 1 aliphatic heterocycles. The summed E-state index contributed by atoms with van der Waals surface area (Å²) in [5, 5.41) is 3.55. The maximum absolute atomic E-state index is 4.61. The topological polar surface area (TPSA) is 53.6 Å². The number of aryl methyl sites for hydroxylation is 1. The molecule has 3 rings (SSSR count). The number of rotatable bonds is 1. The van der Waals surface area contributed by atoms with Crippen molar-refractivity contribution in [2.45, 2.75) is 38.6 Å². The van der Waals surface area contributed by atoms with E-state index in [0.29, 0.717) is 6.04 Å². The fourth-order valence-corrected chi connectivity index (χ4v) is 2.43. The normalized spacial score (nSPS) is 21.6. The number of aromatic amines is 1. The van der Waals surface area contributed by atoms with Crippen LogP contribution in [0.3, 0.4) is 0 Å². The van der Waals surface area contributed by atoms with Crippen LogP contribution in [0.25, 0.3) is 11.2 Å². The van der Waals surface area contributed by atoms with Gasteiger partial charge in [-0.2, -0.15) is 0 Å². The van der Waals surface area contributed by atoms with Crippen LogP contribution in [0.2, 0.25) is 0 Å². The fourth-order valence-electron chi connectivity index (χ4n) is 2.43. The number of H-pyrrole nitrogens is 1. The molecule has 1 aliphatic rings. The van der Waals surface area contributed by atoms with Crippen LogP contribution in [0.5, 0.6) is 0 Å². The van der Waals surface area contributed by atoms with Crippen LogP contribution in [0.4, 0.5) is 0 Å². The molecule has 0 bridgehead atoms. The van der Waals surface area contributed by atoms with E-state index in [4.69, 9.17) is 0 Å². The molecule has 17 heavy (non-hydrogen) atoms. The Labute approximate surface area is 101 Å². The summed E-state index contributed by atoms with van der Waals surface area (Å²) in [6, 6.07) is 4.45. The summed E-state index contributed by atoms with van der Waals surface area (Å²) in [6.45, 7) is 3.09. The second-order valence-electron chi connectivity index (χ2n) is 4.80. The molecule has 90 valence electrons. The Morgan fingerprint density at radius 2 is 2.12 bits per heavy atom. The van der Waals surface area contributed by atoms with E-state index in [1.54, 1.807) is 0 Å². The monoisotopic (exact) mass is 230 g/mol. The molecule has 2 N–H and O–H groups in total. The molecule has 0 saturated carbocycles. The summed E-state index contributed by atoms with van der Waals surface area (Å²) in [6.07, 6.45) is 5.04. The summed E-state index contributed by atoms with van der Waals surface area (Å²) in [7, 11) is 0. The minimum atomic E-state index is 0.368. The third kappa shape index (κ3) is 2.17. The SMILES string of the molecule is Cc1ccc2[nH]c(C3CCCCCN3)nc2n1. The van der Waals surface area contributed by atoms with Gasteiger partial charge in [0.05, 0.1) is 11.6 Å². The molecule has 1 saturated heterocycles. The van der Waals surface area contributed by atoms with E-state index >= 15 is 0 Å². The summed E-state index contributed by atoms with van der Waals surface area (Å²) in [4.78, 5) is 12.4. The zero-order valence-electron chi connectivity index (χ0n) is 10.2. The fraction of sp³-hybridized carbons (Fsp3) is 0.538. The largest absolute Gasteiger partial charge is 0.339 e. The zero-order chi connectivity index (χ0) is 11.7. The average Bonchev–Trinajstić information content (AvgIpc) is 2.57. The van der Waals surface area contributed by atoms with Crippen molar-refractivity contribution >= 4 is 11.2 Å². The average molecular weight is 230 g/mol. The molecular weight excluding hydrogens is 212 g/mol. The Morgan fingerprint density at radius 3 is 3.06 bits per heavy atom. The molecule has 0 aliphatic carbocycles. The van der Waals surface area contributed by atoms with Crippen molar-refractivity contribution < 1.29 is 0 Å². The van der Waals surface area contributed by atoms with E-state index in [0.717, 1.165) is 29.2 Å². The van der Waals surface area contributed by atoms with Crippen LogP contribution in [-0.2, 0) is 0 Å². The Balaban J connectivity index is 1.93. The van der Waals surface area contributed by atoms with Gasteiger partial charge >= 0.3 is 0 Å². The molecule has 1 atom stereocenters. The van der Waals surface area contributed by atoms with Crippen molar-refractivity contribution in [3.8, 4) is 0 Å². The number of hydrogen-bond donors (Lipinski definition) is 2. The minimum absolute atomic E-state index is 0.368. The molecule has 2 aromatic rings. The van der Waals surface area contributed by atoms with Gasteiger partial charge in [-0.3, -0.25) is 0 Å². The summed E-state index contributed by atoms with van der Waals surface area (Å²) in [5.41, 5.74) is 2.90. The lowest BCUT2D eigenvalue weighted by Crippen LogP contribution is -2.21. The highest BCUT2D eigenvalue weighted by molar-refractivity contribution is 5.70. The quantitative estimate of drug-likeness (QED) is 0.791. The van der Waals surface area contributed by atoms with Crippen molar-refractivity contribution in [1.82, 2.24) is 20.3 Å². The highest BCUT2D eigenvalue weighted by atomic mass is 15.1. The van der Waals surface area contributed by atoms with Gasteiger partial charge in [0, 0.05) is 5.69 Å². The Bertz CT molecular complexity index is 509. The summed E-state index contributed by atoms with van der Waals surface area (Å²) in [5.74, 6) is 1.04. The van der Waals surface area contributed by atoms with Crippen LogP contribution < -0.4 is 5.32 Å². The van der Waals surface area contributed by atoms with Gasteiger partial charge in [-0.25, -0.2) is 9.97 Å². The van der Waals surface area contributed by atoms with Gasteiger partial charge in [-0.05, 0) is 38.4 Å². The molecule has 4 nitrogen and oxygen atoms in total. The smallest absolute Gasteiger partial charge is 0.177 e. The molecule has 0 aromatic carbocycles. The number of hydrogen-bond acceptors (Lipinski definition) is 3. The van der Waals surface area contributed by atoms with E-state index in [2.05, 4.69) is 26.3 Å². The van der Waals surface area contributed by atoms with Crippen molar-refractivity contribution in [3.63, 3.8) is 0 Å². The van der Waals surface area contributed by atoms with E-state index in [1.807, 2.05) is 13.0 Å². The molecule has 4 heteroatoms. The second-order valence-corrected chi connectivity index (χ2v) is 4.80. The third-order valence-electron chi connectivity index (χ3n) is 3.39. The second kappa shape index (κ2) is 4.45. The number of nitrogens with zero attached hydrogens (tertiary/aromatic N) is 2. The van der Waals surface area contributed by atoms with Crippen molar-refractivity contribution in [2.24, 2.45) is 0 Å². The van der Waals surface area contributed by atoms with Gasteiger partial charge in [-0.1, -0.05) is 12.8 Å². The van der Waals surface area contributed by atoms with Crippen molar-refractivity contribution in [3.05, 3.63) is 23.7 Å². The lowest BCUT2D eigenvalue weighted by molar-refractivity contribution is 0.513. The Kier molecular flexibility index (Phi) is 2.81. The Morgan fingerprint density at radius 1 is 1.18 bits per heavy atom. The molecule has 1 fully saturated rings. The van der Waals surface area contributed by atoms with E-state index in [-0.39, 0.29) is 0 Å². The molecular formula is C13H18N4. The van der Waals surface area contributed by atoms with Crippen LogP contribution >= 0.6 is 0 Å². The highest BCUT2D eigenvalue weighted by Crippen LogP contribution is 2.22. The van der Waals surface area contributed by atoms with Crippen LogP contribution in [0, 0.1) is 6.92 Å². The van der Waals surface area contributed by atoms with Crippen LogP contribution in [0.15, 0.2) is 12.1 Å². The molecule has 0 spiro atoms. The Hall–Kier alpha value is -1.42. The molecule has 3 heterocycles. The third-order valence-corrected chi connectivity index (χ3v) is 3.39. The minimum Gasteiger partial charge on any atom is -0.339 e. The first-order valence-electron chi connectivity index (χ1n) is 6.39. The first-order chi connectivity index (χ1) is 8.33. The molecule has 0 amide bonds. The predicted octanol–water partition coefficient (Wildman–Crippen LogP) is 2.47. The number of pyridine rings is 1.